The van der Waals surface area contributed by atoms with Crippen LogP contribution in [-0.4, -0.2) is 34.9 Å². The van der Waals surface area contributed by atoms with Gasteiger partial charge in [0.15, 0.2) is 17.4 Å². The van der Waals surface area contributed by atoms with E-state index < -0.39 is 0 Å². The number of carbonyl (C=O) groups is 1. The maximum Gasteiger partial charge on any atom is 0.228 e. The van der Waals surface area contributed by atoms with Crippen LogP contribution in [0.4, 0.5) is 0 Å². The maximum atomic E-state index is 12.7. The molecule has 0 saturated heterocycles. The highest BCUT2D eigenvalue weighted by atomic mass is 31.0. The van der Waals surface area contributed by atoms with Gasteiger partial charge in [-0.1, -0.05) is 49.9 Å². The Bertz CT molecular complexity index is 1290. The minimum absolute atomic E-state index is 0.156. The topological polar surface area (TPSA) is 95.8 Å². The Kier molecular flexibility index (Phi) is 9.43. The quantitative estimate of drug-likeness (QED) is 0.0952. The number of benzene rings is 2. The van der Waals surface area contributed by atoms with Crippen LogP contribution in [0.5, 0.6) is 11.5 Å². The summed E-state index contributed by atoms with van der Waals surface area (Å²) in [4.78, 5) is 17.2. The van der Waals surface area contributed by atoms with Gasteiger partial charge in [-0.15, -0.1) is 9.24 Å². The van der Waals surface area contributed by atoms with Crippen molar-refractivity contribution in [3.05, 3.63) is 71.7 Å². The highest BCUT2D eigenvalue weighted by Gasteiger charge is 2.27. The van der Waals surface area contributed by atoms with E-state index in [1.807, 2.05) is 6.92 Å². The first kappa shape index (κ1) is 27.2. The normalized spacial score (nSPS) is 12.8. The molecule has 0 aliphatic heterocycles. The van der Waals surface area contributed by atoms with Gasteiger partial charge in [-0.25, -0.2) is 4.98 Å². The van der Waals surface area contributed by atoms with Crippen LogP contribution in [0.15, 0.2) is 53.5 Å². The van der Waals surface area contributed by atoms with E-state index in [9.17, 15) is 10.0 Å². The number of hydrogen-bond acceptors (Lipinski definition) is 6. The number of nitrogens with one attached hydrogen (secondary N) is 1. The predicted molar refractivity (Wildman–Crippen MR) is 145 cm³/mol. The first-order valence-corrected chi connectivity index (χ1v) is 12.4. The second-order valence-electron chi connectivity index (χ2n) is 8.66. The van der Waals surface area contributed by atoms with E-state index in [-0.39, 0.29) is 18.3 Å². The number of Topliss-reactive ketones (excluding diaryl/α,β-unsaturated/α-hetero) is 1. The zero-order valence-corrected chi connectivity index (χ0v) is 22.4. The molecular formula is C28H34N2O5P+. The third-order valence-electron chi connectivity index (χ3n) is 5.95. The molecule has 1 aromatic heterocycles. The molecule has 0 radical (unpaired) electrons. The zero-order valence-electron chi connectivity index (χ0n) is 21.3. The Morgan fingerprint density at radius 1 is 1.22 bits per heavy atom. The molecule has 0 bridgehead atoms. The standard InChI is InChI=1S/C28H33N2O5P/c1-6-7-8-22(30-32)14-16-33-26-24(19(4)31)18(3)25-27(35-20(5)29-25)28(26)34-15-13-17(2)21-9-11-23(36)12-10-21/h6-12,17,32H,1,13-16,36H2,2-5H3/p+1/b8-7-,30-22-. The van der Waals surface area contributed by atoms with Crippen LogP contribution in [0.3, 0.4) is 0 Å². The summed E-state index contributed by atoms with van der Waals surface area (Å²) in [5.74, 6) is 1.29. The Morgan fingerprint density at radius 2 is 1.92 bits per heavy atom. The molecule has 0 amide bonds. The van der Waals surface area contributed by atoms with Gasteiger partial charge in [-0.2, -0.15) is 0 Å². The lowest BCUT2D eigenvalue weighted by Crippen LogP contribution is -2.68. The van der Waals surface area contributed by atoms with Gasteiger partial charge in [0.05, 0.1) is 25.2 Å². The number of oxazole rings is 1. The van der Waals surface area contributed by atoms with Gasteiger partial charge in [0.25, 0.3) is 0 Å². The molecule has 1 heterocycles. The van der Waals surface area contributed by atoms with E-state index in [0.29, 0.717) is 58.4 Å². The molecule has 7 nitrogen and oxygen atoms in total. The number of aryl methyl sites for hydroxylation is 2. The van der Waals surface area contributed by atoms with Crippen molar-refractivity contribution in [2.75, 3.05) is 13.2 Å². The zero-order chi connectivity index (χ0) is 26.2. The summed E-state index contributed by atoms with van der Waals surface area (Å²) in [7, 11) is 2.69. The van der Waals surface area contributed by atoms with E-state index in [1.54, 1.807) is 25.2 Å². The molecule has 2 aromatic carbocycles. The Hall–Kier alpha value is -3.44. The number of hydrogen-bond donors (Lipinski definition) is 2. The van der Waals surface area contributed by atoms with Gasteiger partial charge >= 0.3 is 0 Å². The fourth-order valence-corrected chi connectivity index (χ4v) is 4.18. The molecule has 0 fully saturated rings. The first-order chi connectivity index (χ1) is 17.3. The van der Waals surface area contributed by atoms with Crippen molar-refractivity contribution >= 4 is 37.1 Å². The van der Waals surface area contributed by atoms with Crippen LogP contribution in [0.1, 0.15) is 60.0 Å². The van der Waals surface area contributed by atoms with Crippen molar-refractivity contribution in [3.8, 4) is 11.5 Å². The maximum absolute atomic E-state index is 12.7. The van der Waals surface area contributed by atoms with Crippen molar-refractivity contribution in [1.82, 2.24) is 4.98 Å². The second-order valence-corrected chi connectivity index (χ2v) is 9.33. The number of nitrogens with zero attached hydrogens (tertiary/aromatic N) is 1. The molecule has 36 heavy (non-hydrogen) atoms. The fourth-order valence-electron chi connectivity index (χ4n) is 3.99. The van der Waals surface area contributed by atoms with Crippen LogP contribution in [-0.2, 0) is 0 Å². The molecule has 190 valence electrons. The van der Waals surface area contributed by atoms with Crippen molar-refractivity contribution in [2.45, 2.75) is 46.5 Å². The third kappa shape index (κ3) is 6.41. The molecule has 8 heteroatoms. The molecule has 3 rings (SSSR count). The summed E-state index contributed by atoms with van der Waals surface area (Å²) >= 11 is 0. The summed E-state index contributed by atoms with van der Waals surface area (Å²) in [6.07, 6.45) is 6.13. The van der Waals surface area contributed by atoms with Crippen molar-refractivity contribution in [1.29, 1.82) is 0 Å². The largest absolute Gasteiger partial charge is 0.488 e. The van der Waals surface area contributed by atoms with Crippen molar-refractivity contribution < 1.29 is 29.0 Å². The molecule has 0 spiro atoms. The molecule has 3 aromatic rings. The van der Waals surface area contributed by atoms with Gasteiger partial charge < -0.3 is 13.9 Å². The van der Waals surface area contributed by atoms with Crippen LogP contribution < -0.4 is 19.9 Å². The molecule has 2 atom stereocenters. The van der Waals surface area contributed by atoms with Gasteiger partial charge in [0, 0.05) is 13.0 Å². The lowest BCUT2D eigenvalue weighted by atomic mass is 9.98. The number of rotatable bonds is 12. The molecule has 0 aliphatic carbocycles. The van der Waals surface area contributed by atoms with E-state index in [4.69, 9.17) is 13.9 Å². The molecule has 0 aliphatic rings. The minimum Gasteiger partial charge on any atom is -0.488 e. The predicted octanol–water partition coefficient (Wildman–Crippen LogP) is 4.14. The number of ether oxygens (including phenoxy) is 2. The molecule has 0 saturated carbocycles. The minimum atomic E-state index is -0.156. The highest BCUT2D eigenvalue weighted by Crippen LogP contribution is 2.43. The van der Waals surface area contributed by atoms with E-state index >= 15 is 0 Å². The molecular weight excluding hydrogens is 475 g/mol. The van der Waals surface area contributed by atoms with Crippen molar-refractivity contribution in [3.63, 3.8) is 0 Å². The van der Waals surface area contributed by atoms with Gasteiger partial charge in [0.1, 0.15) is 5.52 Å². The van der Waals surface area contributed by atoms with Gasteiger partial charge in [-0.05, 0) is 47.8 Å². The number of fused-ring (bicyclic) bond motifs is 1. The summed E-state index contributed by atoms with van der Waals surface area (Å²) in [5, 5.41) is 12.7. The Balaban J connectivity index is 1.91. The highest BCUT2D eigenvalue weighted by molar-refractivity contribution is 7.27. The average molecular weight is 510 g/mol. The summed E-state index contributed by atoms with van der Waals surface area (Å²) in [5.41, 5.74) is 3.90. The summed E-state index contributed by atoms with van der Waals surface area (Å²) in [6.45, 7) is 11.5. The van der Waals surface area contributed by atoms with Crippen LogP contribution in [0.2, 0.25) is 0 Å². The summed E-state index contributed by atoms with van der Waals surface area (Å²) in [6, 6.07) is 8.37. The molecule has 2 unspecified atom stereocenters. The Labute approximate surface area is 214 Å². The van der Waals surface area contributed by atoms with Crippen LogP contribution in [0, 0.1) is 13.8 Å². The number of aromatic nitrogens is 1. The number of ketones is 1. The van der Waals surface area contributed by atoms with Gasteiger partial charge in [-0.3, -0.25) is 10.0 Å². The van der Waals surface area contributed by atoms with E-state index in [0.717, 1.165) is 11.7 Å². The second kappa shape index (κ2) is 12.5. The lowest BCUT2D eigenvalue weighted by Gasteiger charge is -2.18. The van der Waals surface area contributed by atoms with E-state index in [1.165, 1.54) is 12.5 Å². The number of carbonyl (C=O) groups excluding carboxylic acids is 1. The smallest absolute Gasteiger partial charge is 0.228 e. The lowest BCUT2D eigenvalue weighted by molar-refractivity contribution is -0.737. The third-order valence-corrected chi connectivity index (χ3v) is 6.34. The number of allylic oxidation sites excluding steroid dienone is 3. The van der Waals surface area contributed by atoms with E-state index in [2.05, 4.69) is 57.1 Å². The summed E-state index contributed by atoms with van der Waals surface area (Å²) < 4.78 is 18.3. The average Bonchev–Trinajstić information content (AvgIpc) is 3.24. The SMILES string of the molecule is C=C/C=C\C(CCOc1c(C(C)=O)c(C)c2nc(C)oc2c1OCCC(C)c1ccc(P)cc1)=[NH+]\O. The fraction of sp³-hybridized carbons (Fsp3) is 0.321. The van der Waals surface area contributed by atoms with Crippen LogP contribution in [0.25, 0.3) is 11.1 Å². The monoisotopic (exact) mass is 509 g/mol. The van der Waals surface area contributed by atoms with Gasteiger partial charge in [0.2, 0.25) is 17.0 Å². The van der Waals surface area contributed by atoms with Crippen LogP contribution >= 0.6 is 9.24 Å². The first-order valence-electron chi connectivity index (χ1n) is 11.9. The molecule has 2 N–H and O–H groups in total. The van der Waals surface area contributed by atoms with Crippen molar-refractivity contribution in [2.24, 2.45) is 0 Å². The Morgan fingerprint density at radius 3 is 2.56 bits per heavy atom.